The molecule has 0 aromatic heterocycles. The molecule has 23 heavy (non-hydrogen) atoms. The van der Waals surface area contributed by atoms with Gasteiger partial charge in [0.2, 0.25) is 5.91 Å². The van der Waals surface area contributed by atoms with E-state index in [0.717, 1.165) is 12.0 Å². The van der Waals surface area contributed by atoms with Crippen molar-refractivity contribution in [1.82, 2.24) is 10.6 Å². The first-order chi connectivity index (χ1) is 10.8. The summed E-state index contributed by atoms with van der Waals surface area (Å²) in [5, 5.41) is 14.1. The van der Waals surface area contributed by atoms with Gasteiger partial charge in [0.1, 0.15) is 6.54 Å². The fourth-order valence-electron chi connectivity index (χ4n) is 2.45. The van der Waals surface area contributed by atoms with Crippen LogP contribution in [0.5, 0.6) is 0 Å². The molecule has 5 nitrogen and oxygen atoms in total. The number of benzene rings is 1. The van der Waals surface area contributed by atoms with Gasteiger partial charge >= 0.3 is 5.97 Å². The van der Waals surface area contributed by atoms with E-state index in [9.17, 15) is 9.59 Å². The van der Waals surface area contributed by atoms with Crippen LogP contribution in [-0.4, -0.2) is 30.1 Å². The summed E-state index contributed by atoms with van der Waals surface area (Å²) < 4.78 is 0. The molecule has 5 heteroatoms. The van der Waals surface area contributed by atoms with E-state index in [4.69, 9.17) is 5.11 Å². The molecule has 2 atom stereocenters. The van der Waals surface area contributed by atoms with Crippen LogP contribution in [0.1, 0.15) is 57.2 Å². The summed E-state index contributed by atoms with van der Waals surface area (Å²) in [4.78, 5) is 22.1. The molecular weight excluding hydrogens is 292 g/mol. The van der Waals surface area contributed by atoms with Gasteiger partial charge in [-0.3, -0.25) is 9.59 Å². The molecule has 0 aliphatic heterocycles. The average molecular weight is 320 g/mol. The fraction of sp³-hybridized carbons (Fsp3) is 0.556. The second-order valence-corrected chi connectivity index (χ2v) is 6.25. The summed E-state index contributed by atoms with van der Waals surface area (Å²) in [6.07, 6.45) is 1.11. The molecule has 0 saturated carbocycles. The zero-order valence-electron chi connectivity index (χ0n) is 14.4. The van der Waals surface area contributed by atoms with Gasteiger partial charge in [-0.05, 0) is 29.4 Å². The lowest BCUT2D eigenvalue weighted by Gasteiger charge is -2.23. The number of carboxylic acids is 1. The Morgan fingerprint density at radius 1 is 1.04 bits per heavy atom. The maximum Gasteiger partial charge on any atom is 0.322 e. The van der Waals surface area contributed by atoms with Crippen molar-refractivity contribution in [3.8, 4) is 0 Å². The number of rotatable bonds is 9. The van der Waals surface area contributed by atoms with Gasteiger partial charge in [-0.25, -0.2) is 0 Å². The van der Waals surface area contributed by atoms with Crippen LogP contribution in [0.4, 0.5) is 0 Å². The van der Waals surface area contributed by atoms with E-state index >= 15 is 0 Å². The predicted octanol–water partition coefficient (Wildman–Crippen LogP) is 2.69. The monoisotopic (exact) mass is 320 g/mol. The minimum Gasteiger partial charge on any atom is -0.480 e. The maximum atomic E-state index is 11.7. The SMILES string of the molecule is CCC(C)c1ccc(C(NCC(=O)NCC(=O)O)C(C)C)cc1. The second kappa shape index (κ2) is 9.30. The molecule has 0 bridgehead atoms. The summed E-state index contributed by atoms with van der Waals surface area (Å²) >= 11 is 0. The van der Waals surface area contributed by atoms with E-state index < -0.39 is 5.97 Å². The number of nitrogens with one attached hydrogen (secondary N) is 2. The highest BCUT2D eigenvalue weighted by molar-refractivity contribution is 5.82. The molecule has 1 aromatic carbocycles. The Kier molecular flexibility index (Phi) is 7.75. The number of amides is 1. The van der Waals surface area contributed by atoms with Crippen LogP contribution in [0.3, 0.4) is 0 Å². The number of hydrogen-bond donors (Lipinski definition) is 3. The smallest absolute Gasteiger partial charge is 0.322 e. The van der Waals surface area contributed by atoms with Gasteiger partial charge in [0, 0.05) is 6.04 Å². The number of carbonyl (C=O) groups excluding carboxylic acids is 1. The third-order valence-electron chi connectivity index (χ3n) is 4.06. The first-order valence-electron chi connectivity index (χ1n) is 8.16. The Labute approximate surface area is 138 Å². The van der Waals surface area contributed by atoms with E-state index in [1.165, 1.54) is 5.56 Å². The van der Waals surface area contributed by atoms with Crippen LogP contribution in [0.2, 0.25) is 0 Å². The number of carbonyl (C=O) groups is 2. The summed E-state index contributed by atoms with van der Waals surface area (Å²) in [6, 6.07) is 8.55. The largest absolute Gasteiger partial charge is 0.480 e. The lowest BCUT2D eigenvalue weighted by molar-refractivity contribution is -0.137. The van der Waals surface area contributed by atoms with E-state index in [1.807, 2.05) is 0 Å². The van der Waals surface area contributed by atoms with Gasteiger partial charge in [0.25, 0.3) is 0 Å². The molecule has 3 N–H and O–H groups in total. The van der Waals surface area contributed by atoms with Crippen molar-refractivity contribution >= 4 is 11.9 Å². The Hall–Kier alpha value is -1.88. The zero-order chi connectivity index (χ0) is 17.4. The summed E-state index contributed by atoms with van der Waals surface area (Å²) in [5.74, 6) is -0.498. The van der Waals surface area contributed by atoms with Crippen molar-refractivity contribution in [3.63, 3.8) is 0 Å². The Morgan fingerprint density at radius 3 is 2.09 bits per heavy atom. The summed E-state index contributed by atoms with van der Waals surface area (Å²) in [7, 11) is 0. The van der Waals surface area contributed by atoms with Crippen molar-refractivity contribution in [2.24, 2.45) is 5.92 Å². The van der Waals surface area contributed by atoms with E-state index in [0.29, 0.717) is 11.8 Å². The molecular formula is C18H28N2O3. The van der Waals surface area contributed by atoms with Gasteiger partial charge in [-0.1, -0.05) is 52.0 Å². The maximum absolute atomic E-state index is 11.7. The number of carboxylic acid groups (broad SMARTS) is 1. The van der Waals surface area contributed by atoms with Crippen molar-refractivity contribution in [2.75, 3.05) is 13.1 Å². The van der Waals surface area contributed by atoms with Gasteiger partial charge < -0.3 is 15.7 Å². The molecule has 0 aliphatic carbocycles. The average Bonchev–Trinajstić information content (AvgIpc) is 2.52. The van der Waals surface area contributed by atoms with E-state index in [2.05, 4.69) is 62.6 Å². The lowest BCUT2D eigenvalue weighted by Crippen LogP contribution is -2.39. The second-order valence-electron chi connectivity index (χ2n) is 6.25. The van der Waals surface area contributed by atoms with Gasteiger partial charge in [0.05, 0.1) is 6.54 Å². The minimum absolute atomic E-state index is 0.0524. The fourth-order valence-corrected chi connectivity index (χ4v) is 2.45. The third-order valence-corrected chi connectivity index (χ3v) is 4.06. The topological polar surface area (TPSA) is 78.4 Å². The predicted molar refractivity (Wildman–Crippen MR) is 91.4 cm³/mol. The Bertz CT molecular complexity index is 512. The summed E-state index contributed by atoms with van der Waals surface area (Å²) in [5.41, 5.74) is 2.45. The molecule has 2 unspecified atom stereocenters. The number of hydrogen-bond acceptors (Lipinski definition) is 3. The van der Waals surface area contributed by atoms with Gasteiger partial charge in [-0.2, -0.15) is 0 Å². The Balaban J connectivity index is 2.67. The molecule has 0 aliphatic rings. The first-order valence-corrected chi connectivity index (χ1v) is 8.16. The van der Waals surface area contributed by atoms with Crippen molar-refractivity contribution in [2.45, 2.75) is 46.1 Å². The molecule has 0 radical (unpaired) electrons. The van der Waals surface area contributed by atoms with Crippen LogP contribution in [0.25, 0.3) is 0 Å². The molecule has 128 valence electrons. The van der Waals surface area contributed by atoms with Crippen LogP contribution in [0, 0.1) is 5.92 Å². The molecule has 0 fully saturated rings. The van der Waals surface area contributed by atoms with Crippen molar-refractivity contribution < 1.29 is 14.7 Å². The quantitative estimate of drug-likeness (QED) is 0.654. The standard InChI is InChI=1S/C18H28N2O3/c1-5-13(4)14-6-8-15(9-7-14)18(12(2)3)20-10-16(21)19-11-17(22)23/h6-9,12-13,18,20H,5,10-11H2,1-4H3,(H,19,21)(H,22,23). The van der Waals surface area contributed by atoms with Gasteiger partial charge in [-0.15, -0.1) is 0 Å². The van der Waals surface area contributed by atoms with Crippen LogP contribution >= 0.6 is 0 Å². The molecule has 0 saturated heterocycles. The molecule has 1 aromatic rings. The molecule has 0 spiro atoms. The van der Waals surface area contributed by atoms with E-state index in [-0.39, 0.29) is 25.0 Å². The highest BCUT2D eigenvalue weighted by atomic mass is 16.4. The first kappa shape index (κ1) is 19.2. The van der Waals surface area contributed by atoms with Crippen LogP contribution in [-0.2, 0) is 9.59 Å². The highest BCUT2D eigenvalue weighted by Gasteiger charge is 2.17. The van der Waals surface area contributed by atoms with Crippen molar-refractivity contribution in [3.05, 3.63) is 35.4 Å². The molecule has 1 rings (SSSR count). The summed E-state index contributed by atoms with van der Waals surface area (Å²) in [6.45, 7) is 8.32. The molecule has 0 heterocycles. The zero-order valence-corrected chi connectivity index (χ0v) is 14.4. The van der Waals surface area contributed by atoms with E-state index in [1.54, 1.807) is 0 Å². The van der Waals surface area contributed by atoms with Gasteiger partial charge in [0.15, 0.2) is 0 Å². The third kappa shape index (κ3) is 6.40. The number of aliphatic carboxylic acids is 1. The lowest BCUT2D eigenvalue weighted by atomic mass is 9.92. The van der Waals surface area contributed by atoms with Crippen LogP contribution < -0.4 is 10.6 Å². The highest BCUT2D eigenvalue weighted by Crippen LogP contribution is 2.25. The van der Waals surface area contributed by atoms with Crippen molar-refractivity contribution in [1.29, 1.82) is 0 Å². The normalized spacial score (nSPS) is 13.6. The molecule has 1 amide bonds. The van der Waals surface area contributed by atoms with Crippen LogP contribution in [0.15, 0.2) is 24.3 Å². The minimum atomic E-state index is -1.04. The Morgan fingerprint density at radius 2 is 1.61 bits per heavy atom.